The Morgan fingerprint density at radius 3 is 2.09 bits per heavy atom. The number of carbonyl (C=O) groups excluding carboxylic acids is 5. The summed E-state index contributed by atoms with van der Waals surface area (Å²) in [6.45, 7) is 3.49. The van der Waals surface area contributed by atoms with E-state index in [4.69, 9.17) is 4.74 Å². The molecule has 0 radical (unpaired) electrons. The molecule has 6 rings (SSSR count). The number of nitrogens with one attached hydrogen (secondary N) is 5. The largest absolute Gasteiger partial charge is 0.458 e. The van der Waals surface area contributed by atoms with Gasteiger partial charge in [-0.3, -0.25) is 19.2 Å². The molecular formula is C34H38N6O6. The Morgan fingerprint density at radius 1 is 0.870 bits per heavy atom. The van der Waals surface area contributed by atoms with Crippen LogP contribution in [0.15, 0.2) is 60.9 Å². The molecule has 4 heterocycles. The molecule has 2 saturated heterocycles. The number of esters is 1. The zero-order valence-corrected chi connectivity index (χ0v) is 25.8. The number of aromatic nitrogens is 2. The van der Waals surface area contributed by atoms with E-state index in [9.17, 15) is 24.0 Å². The highest BCUT2D eigenvalue weighted by molar-refractivity contribution is 5.97. The molecule has 2 aromatic heterocycles. The smallest absolute Gasteiger partial charge is 0.329 e. The van der Waals surface area contributed by atoms with Crippen LogP contribution in [0.1, 0.15) is 44.2 Å². The summed E-state index contributed by atoms with van der Waals surface area (Å²) >= 11 is 0. The van der Waals surface area contributed by atoms with Crippen LogP contribution >= 0.6 is 0 Å². The Balaban J connectivity index is 1.39. The van der Waals surface area contributed by atoms with Gasteiger partial charge in [-0.1, -0.05) is 43.3 Å². The van der Waals surface area contributed by atoms with Crippen LogP contribution in [0.3, 0.4) is 0 Å². The molecule has 0 bridgehead atoms. The van der Waals surface area contributed by atoms with Gasteiger partial charge in [0, 0.05) is 60.0 Å². The second kappa shape index (κ2) is 13.1. The van der Waals surface area contributed by atoms with Crippen molar-refractivity contribution in [2.75, 3.05) is 6.54 Å². The highest BCUT2D eigenvalue weighted by atomic mass is 16.5. The second-order valence-corrected chi connectivity index (χ2v) is 12.0. The summed E-state index contributed by atoms with van der Waals surface area (Å²) in [5.74, 6) is -2.72. The van der Waals surface area contributed by atoms with E-state index in [0.717, 1.165) is 32.9 Å². The van der Waals surface area contributed by atoms with Crippen LogP contribution in [0.2, 0.25) is 0 Å². The number of fused-ring (bicyclic) bond motifs is 3. The number of rotatable bonds is 6. The molecule has 0 unspecified atom stereocenters. The Bertz CT molecular complexity index is 1790. The fourth-order valence-electron chi connectivity index (χ4n) is 6.46. The molecule has 4 aromatic rings. The Morgan fingerprint density at radius 2 is 1.46 bits per heavy atom. The molecule has 0 saturated carbocycles. The molecule has 2 fully saturated rings. The van der Waals surface area contributed by atoms with Gasteiger partial charge in [0.1, 0.15) is 30.3 Å². The molecular weight excluding hydrogens is 588 g/mol. The first-order valence-electron chi connectivity index (χ1n) is 15.7. The zero-order chi connectivity index (χ0) is 32.4. The van der Waals surface area contributed by atoms with Crippen molar-refractivity contribution >= 4 is 51.4 Å². The molecule has 0 aliphatic carbocycles. The van der Waals surface area contributed by atoms with Gasteiger partial charge in [0.2, 0.25) is 23.6 Å². The van der Waals surface area contributed by atoms with Gasteiger partial charge in [0.05, 0.1) is 0 Å². The van der Waals surface area contributed by atoms with Crippen LogP contribution in [-0.4, -0.2) is 81.3 Å². The van der Waals surface area contributed by atoms with E-state index in [1.165, 1.54) is 11.8 Å². The van der Waals surface area contributed by atoms with Crippen molar-refractivity contribution in [1.29, 1.82) is 0 Å². The molecule has 2 aliphatic heterocycles. The van der Waals surface area contributed by atoms with E-state index in [1.54, 1.807) is 13.1 Å². The number of H-pyrrole nitrogens is 2. The number of carbonyl (C=O) groups is 5. The van der Waals surface area contributed by atoms with E-state index in [1.807, 2.05) is 54.7 Å². The highest BCUT2D eigenvalue weighted by Crippen LogP contribution is 2.25. The van der Waals surface area contributed by atoms with Crippen LogP contribution in [0, 0.1) is 0 Å². The zero-order valence-electron chi connectivity index (χ0n) is 25.8. The number of nitrogens with zero attached hydrogens (tertiary/aromatic N) is 1. The summed E-state index contributed by atoms with van der Waals surface area (Å²) in [4.78, 5) is 76.1. The van der Waals surface area contributed by atoms with Crippen molar-refractivity contribution in [1.82, 2.24) is 30.8 Å². The van der Waals surface area contributed by atoms with Gasteiger partial charge >= 0.3 is 5.97 Å². The van der Waals surface area contributed by atoms with Crippen molar-refractivity contribution in [3.05, 3.63) is 72.1 Å². The average Bonchev–Trinajstić information content (AvgIpc) is 3.81. The first-order valence-corrected chi connectivity index (χ1v) is 15.7. The molecule has 12 nitrogen and oxygen atoms in total. The summed E-state index contributed by atoms with van der Waals surface area (Å²) in [6, 6.07) is 11.0. The molecule has 2 aliphatic rings. The lowest BCUT2D eigenvalue weighted by Gasteiger charge is -2.29. The number of para-hydroxylation sites is 2. The molecule has 4 amide bonds. The topological polar surface area (TPSA) is 165 Å². The van der Waals surface area contributed by atoms with Crippen LogP contribution < -0.4 is 16.0 Å². The minimum atomic E-state index is -1.26. The van der Waals surface area contributed by atoms with Gasteiger partial charge in [0.15, 0.2) is 0 Å². The Kier molecular flexibility index (Phi) is 8.78. The maximum atomic E-state index is 14.2. The SMILES string of the molecule is CCC(=O)N[C@@H]1C(=O)N[C@@H](Cc2c[nH]c3ccccc23)C(=O)N[C@H](Cc2c[nH]c3ccccc23)C(=O)N2CCC[C@H]2C(=O)O[C@@H]1C. The van der Waals surface area contributed by atoms with Gasteiger partial charge in [0.25, 0.3) is 0 Å². The summed E-state index contributed by atoms with van der Waals surface area (Å²) < 4.78 is 5.76. The predicted octanol–water partition coefficient (Wildman–Crippen LogP) is 2.24. The maximum absolute atomic E-state index is 14.2. The first kappa shape index (κ1) is 30.9. The highest BCUT2D eigenvalue weighted by Gasteiger charge is 2.42. The monoisotopic (exact) mass is 626 g/mol. The summed E-state index contributed by atoms with van der Waals surface area (Å²) in [5, 5.41) is 10.2. The third-order valence-electron chi connectivity index (χ3n) is 8.94. The number of aromatic amines is 2. The lowest BCUT2D eigenvalue weighted by molar-refractivity contribution is -0.160. The fourth-order valence-corrected chi connectivity index (χ4v) is 6.46. The Labute approximate surface area is 265 Å². The van der Waals surface area contributed by atoms with E-state index in [0.29, 0.717) is 19.4 Å². The van der Waals surface area contributed by atoms with Gasteiger partial charge in [-0.25, -0.2) is 4.79 Å². The fraction of sp³-hybridized carbons (Fsp3) is 0.382. The summed E-state index contributed by atoms with van der Waals surface area (Å²) in [6.07, 6.45) is 3.85. The van der Waals surface area contributed by atoms with Gasteiger partial charge in [-0.05, 0) is 43.0 Å². The third kappa shape index (κ3) is 6.19. The predicted molar refractivity (Wildman–Crippen MR) is 170 cm³/mol. The van der Waals surface area contributed by atoms with Gasteiger partial charge in [-0.15, -0.1) is 0 Å². The Hall–Kier alpha value is -5.13. The number of ether oxygens (including phenoxy) is 1. The van der Waals surface area contributed by atoms with Gasteiger partial charge in [-0.2, -0.15) is 0 Å². The number of amides is 4. The number of benzene rings is 2. The van der Waals surface area contributed by atoms with Crippen LogP contribution in [0.4, 0.5) is 0 Å². The molecule has 12 heteroatoms. The van der Waals surface area contributed by atoms with Crippen LogP contribution in [-0.2, 0) is 41.6 Å². The molecule has 240 valence electrons. The number of hydrogen-bond donors (Lipinski definition) is 5. The molecule has 2 aromatic carbocycles. The molecule has 46 heavy (non-hydrogen) atoms. The van der Waals surface area contributed by atoms with Crippen molar-refractivity contribution in [3.8, 4) is 0 Å². The van der Waals surface area contributed by atoms with Crippen LogP contribution in [0.25, 0.3) is 21.8 Å². The quantitative estimate of drug-likeness (QED) is 0.206. The van der Waals surface area contributed by atoms with E-state index < -0.39 is 59.9 Å². The standard InChI is InChI=1S/C34H38N6O6/c1-3-29(41)39-30-19(2)46-34(45)28-13-8-14-40(28)33(44)27(16-21-18-36-25-12-7-5-10-23(21)25)38-31(42)26(37-32(30)43)15-20-17-35-24-11-6-4-9-22(20)24/h4-7,9-12,17-19,26-28,30,35-36H,3,8,13-16H2,1-2H3,(H,37,43)(H,38,42)(H,39,41)/t19-,26+,27-,28+,30+/m1/s1. The lowest BCUT2D eigenvalue weighted by atomic mass is 10.0. The van der Waals surface area contributed by atoms with Crippen molar-refractivity contribution in [3.63, 3.8) is 0 Å². The van der Waals surface area contributed by atoms with Crippen LogP contribution in [0.5, 0.6) is 0 Å². The lowest BCUT2D eigenvalue weighted by Crippen LogP contribution is -2.59. The second-order valence-electron chi connectivity index (χ2n) is 12.0. The van der Waals surface area contributed by atoms with Gasteiger partial charge < -0.3 is 35.6 Å². The van der Waals surface area contributed by atoms with E-state index in [-0.39, 0.29) is 19.3 Å². The molecule has 5 atom stereocenters. The first-order chi connectivity index (χ1) is 22.2. The van der Waals surface area contributed by atoms with E-state index in [2.05, 4.69) is 25.9 Å². The third-order valence-corrected chi connectivity index (χ3v) is 8.94. The minimum absolute atomic E-state index is 0.101. The average molecular weight is 627 g/mol. The molecule has 5 N–H and O–H groups in total. The molecule has 0 spiro atoms. The van der Waals surface area contributed by atoms with Crippen molar-refractivity contribution in [2.45, 2.75) is 76.2 Å². The van der Waals surface area contributed by atoms with Crippen molar-refractivity contribution in [2.24, 2.45) is 0 Å². The minimum Gasteiger partial charge on any atom is -0.458 e. The number of cyclic esters (lactones) is 1. The summed E-state index contributed by atoms with van der Waals surface area (Å²) in [5.41, 5.74) is 3.37. The maximum Gasteiger partial charge on any atom is 0.329 e. The summed E-state index contributed by atoms with van der Waals surface area (Å²) in [7, 11) is 0. The van der Waals surface area contributed by atoms with E-state index >= 15 is 0 Å². The number of hydrogen-bond acceptors (Lipinski definition) is 6. The van der Waals surface area contributed by atoms with Crippen molar-refractivity contribution < 1.29 is 28.7 Å². The normalized spacial score (nSPS) is 24.4.